The van der Waals surface area contributed by atoms with Gasteiger partial charge in [-0.15, -0.1) is 0 Å². The van der Waals surface area contributed by atoms with E-state index in [4.69, 9.17) is 0 Å². The van der Waals surface area contributed by atoms with Gasteiger partial charge in [-0.3, -0.25) is 4.90 Å². The first-order valence-electron chi connectivity index (χ1n) is 6.07. The van der Waals surface area contributed by atoms with Crippen LogP contribution in [0.5, 0.6) is 0 Å². The zero-order valence-electron chi connectivity index (χ0n) is 10.2. The summed E-state index contributed by atoms with van der Waals surface area (Å²) in [4.78, 5) is 2.56. The van der Waals surface area contributed by atoms with Gasteiger partial charge in [-0.25, -0.2) is 0 Å². The van der Waals surface area contributed by atoms with Crippen LogP contribution in [0.3, 0.4) is 0 Å². The molecular weight excluding hydrogens is 172 g/mol. The molecule has 14 heavy (non-hydrogen) atoms. The summed E-state index contributed by atoms with van der Waals surface area (Å²) in [5.41, 5.74) is 0. The van der Waals surface area contributed by atoms with Crippen LogP contribution in [0.2, 0.25) is 0 Å². The standard InChI is InChI=1S/C12H26N2/c1-10(2)5-7-13-12-6-8-14(9-12)11(3)4/h10-13H,5-9H2,1-4H3. The van der Waals surface area contributed by atoms with E-state index in [2.05, 4.69) is 37.9 Å². The molecule has 0 bridgehead atoms. The molecule has 0 aromatic carbocycles. The van der Waals surface area contributed by atoms with Crippen LogP contribution in [0.4, 0.5) is 0 Å². The van der Waals surface area contributed by atoms with Gasteiger partial charge in [-0.1, -0.05) is 13.8 Å². The van der Waals surface area contributed by atoms with Crippen LogP contribution in [0.25, 0.3) is 0 Å². The third-order valence-corrected chi connectivity index (χ3v) is 3.10. The third kappa shape index (κ3) is 3.97. The van der Waals surface area contributed by atoms with Crippen molar-refractivity contribution < 1.29 is 0 Å². The smallest absolute Gasteiger partial charge is 0.0207 e. The topological polar surface area (TPSA) is 15.3 Å². The third-order valence-electron chi connectivity index (χ3n) is 3.10. The maximum atomic E-state index is 3.66. The maximum Gasteiger partial charge on any atom is 0.0207 e. The zero-order valence-corrected chi connectivity index (χ0v) is 10.2. The molecule has 0 aliphatic carbocycles. The zero-order chi connectivity index (χ0) is 10.6. The lowest BCUT2D eigenvalue weighted by Gasteiger charge is -2.20. The summed E-state index contributed by atoms with van der Waals surface area (Å²) in [5, 5.41) is 3.66. The predicted octanol–water partition coefficient (Wildman–Crippen LogP) is 2.10. The Bertz CT molecular complexity index is 154. The Kier molecular flexibility index (Phi) is 4.90. The number of rotatable bonds is 5. The molecule has 1 saturated heterocycles. The normalized spacial score (nSPS) is 24.0. The monoisotopic (exact) mass is 198 g/mol. The van der Waals surface area contributed by atoms with Gasteiger partial charge in [0.1, 0.15) is 0 Å². The van der Waals surface area contributed by atoms with Gasteiger partial charge in [0.15, 0.2) is 0 Å². The van der Waals surface area contributed by atoms with Crippen molar-refractivity contribution in [2.24, 2.45) is 5.92 Å². The summed E-state index contributed by atoms with van der Waals surface area (Å²) in [5.74, 6) is 0.824. The van der Waals surface area contributed by atoms with E-state index >= 15 is 0 Å². The molecule has 1 unspecified atom stereocenters. The highest BCUT2D eigenvalue weighted by molar-refractivity contribution is 4.82. The van der Waals surface area contributed by atoms with Gasteiger partial charge in [0.2, 0.25) is 0 Å². The van der Waals surface area contributed by atoms with Gasteiger partial charge in [-0.05, 0) is 45.7 Å². The SMILES string of the molecule is CC(C)CCNC1CCN(C(C)C)C1. The average Bonchev–Trinajstić information content (AvgIpc) is 2.52. The molecule has 0 amide bonds. The van der Waals surface area contributed by atoms with Gasteiger partial charge in [0.25, 0.3) is 0 Å². The highest BCUT2D eigenvalue weighted by Gasteiger charge is 2.23. The summed E-state index contributed by atoms with van der Waals surface area (Å²) in [6.45, 7) is 12.9. The van der Waals surface area contributed by atoms with E-state index in [0.29, 0.717) is 6.04 Å². The van der Waals surface area contributed by atoms with Gasteiger partial charge in [0.05, 0.1) is 0 Å². The molecule has 84 valence electrons. The Morgan fingerprint density at radius 3 is 2.50 bits per heavy atom. The highest BCUT2D eigenvalue weighted by atomic mass is 15.2. The van der Waals surface area contributed by atoms with Crippen LogP contribution in [0, 0.1) is 5.92 Å². The van der Waals surface area contributed by atoms with Crippen molar-refractivity contribution in [3.8, 4) is 0 Å². The molecule has 1 fully saturated rings. The van der Waals surface area contributed by atoms with Gasteiger partial charge in [-0.2, -0.15) is 0 Å². The van der Waals surface area contributed by atoms with Crippen molar-refractivity contribution in [2.75, 3.05) is 19.6 Å². The van der Waals surface area contributed by atoms with E-state index in [1.165, 1.54) is 32.5 Å². The predicted molar refractivity (Wildman–Crippen MR) is 62.6 cm³/mol. The number of nitrogens with zero attached hydrogens (tertiary/aromatic N) is 1. The van der Waals surface area contributed by atoms with Crippen molar-refractivity contribution in [2.45, 2.75) is 52.6 Å². The molecule has 2 nitrogen and oxygen atoms in total. The Hall–Kier alpha value is -0.0800. The fourth-order valence-corrected chi connectivity index (χ4v) is 2.00. The van der Waals surface area contributed by atoms with E-state index in [1.54, 1.807) is 0 Å². The van der Waals surface area contributed by atoms with Crippen LogP contribution in [-0.2, 0) is 0 Å². The van der Waals surface area contributed by atoms with Crippen LogP contribution in [0.15, 0.2) is 0 Å². The van der Waals surface area contributed by atoms with Gasteiger partial charge < -0.3 is 5.32 Å². The number of nitrogens with one attached hydrogen (secondary N) is 1. The van der Waals surface area contributed by atoms with Crippen LogP contribution in [0.1, 0.15) is 40.5 Å². The number of hydrogen-bond acceptors (Lipinski definition) is 2. The number of hydrogen-bond donors (Lipinski definition) is 1. The highest BCUT2D eigenvalue weighted by Crippen LogP contribution is 2.12. The van der Waals surface area contributed by atoms with Crippen molar-refractivity contribution >= 4 is 0 Å². The minimum atomic E-state index is 0.715. The van der Waals surface area contributed by atoms with Crippen molar-refractivity contribution in [3.63, 3.8) is 0 Å². The van der Waals surface area contributed by atoms with Crippen LogP contribution >= 0.6 is 0 Å². The lowest BCUT2D eigenvalue weighted by molar-refractivity contribution is 0.268. The Morgan fingerprint density at radius 2 is 2.00 bits per heavy atom. The van der Waals surface area contributed by atoms with E-state index in [0.717, 1.165) is 12.0 Å². The average molecular weight is 198 g/mol. The fourth-order valence-electron chi connectivity index (χ4n) is 2.00. The van der Waals surface area contributed by atoms with Gasteiger partial charge in [0, 0.05) is 18.6 Å². The lowest BCUT2D eigenvalue weighted by Crippen LogP contribution is -2.35. The van der Waals surface area contributed by atoms with Crippen LogP contribution < -0.4 is 5.32 Å². The molecular formula is C12H26N2. The molecule has 0 aromatic heterocycles. The molecule has 1 aliphatic rings. The Labute approximate surface area is 89.1 Å². The minimum absolute atomic E-state index is 0.715. The van der Waals surface area contributed by atoms with E-state index in [-0.39, 0.29) is 0 Å². The molecule has 0 aromatic rings. The van der Waals surface area contributed by atoms with Gasteiger partial charge >= 0.3 is 0 Å². The van der Waals surface area contributed by atoms with Crippen molar-refractivity contribution in [3.05, 3.63) is 0 Å². The Morgan fingerprint density at radius 1 is 1.29 bits per heavy atom. The maximum absolute atomic E-state index is 3.66. The first-order chi connectivity index (χ1) is 6.59. The quantitative estimate of drug-likeness (QED) is 0.728. The molecule has 2 heteroatoms. The molecule has 1 aliphatic heterocycles. The molecule has 0 spiro atoms. The Balaban J connectivity index is 2.10. The first kappa shape index (κ1) is 12.0. The molecule has 1 N–H and O–H groups in total. The summed E-state index contributed by atoms with van der Waals surface area (Å²) in [6.07, 6.45) is 2.63. The second kappa shape index (κ2) is 5.72. The second-order valence-corrected chi connectivity index (χ2v) is 5.21. The summed E-state index contributed by atoms with van der Waals surface area (Å²) < 4.78 is 0. The molecule has 1 rings (SSSR count). The molecule has 0 radical (unpaired) electrons. The van der Waals surface area contributed by atoms with E-state index in [1.807, 2.05) is 0 Å². The van der Waals surface area contributed by atoms with Crippen molar-refractivity contribution in [1.82, 2.24) is 10.2 Å². The first-order valence-corrected chi connectivity index (χ1v) is 6.07. The van der Waals surface area contributed by atoms with E-state index < -0.39 is 0 Å². The number of likely N-dealkylation sites (tertiary alicyclic amines) is 1. The largest absolute Gasteiger partial charge is 0.313 e. The lowest BCUT2D eigenvalue weighted by atomic mass is 10.1. The van der Waals surface area contributed by atoms with E-state index in [9.17, 15) is 0 Å². The fraction of sp³-hybridized carbons (Fsp3) is 1.00. The molecule has 1 heterocycles. The summed E-state index contributed by atoms with van der Waals surface area (Å²) in [6, 6.07) is 1.46. The minimum Gasteiger partial charge on any atom is -0.313 e. The van der Waals surface area contributed by atoms with Crippen molar-refractivity contribution in [1.29, 1.82) is 0 Å². The van der Waals surface area contributed by atoms with Crippen LogP contribution in [-0.4, -0.2) is 36.6 Å². The summed E-state index contributed by atoms with van der Waals surface area (Å²) >= 11 is 0. The summed E-state index contributed by atoms with van der Waals surface area (Å²) in [7, 11) is 0. The molecule has 1 atom stereocenters. The molecule has 0 saturated carbocycles. The second-order valence-electron chi connectivity index (χ2n) is 5.21.